The van der Waals surface area contributed by atoms with Gasteiger partial charge in [-0.05, 0) is 49.2 Å². The van der Waals surface area contributed by atoms with Gasteiger partial charge in [0.05, 0.1) is 0 Å². The Kier molecular flexibility index (Phi) is 4.61. The van der Waals surface area contributed by atoms with Crippen molar-refractivity contribution in [2.75, 3.05) is 10.6 Å². The van der Waals surface area contributed by atoms with E-state index in [4.69, 9.17) is 0 Å². The Balaban J connectivity index is 1.80. The lowest BCUT2D eigenvalue weighted by atomic mass is 10.1. The topological polar surface area (TPSA) is 76.0 Å². The fraction of sp³-hybridized carbons (Fsp3) is 0.105. The molecule has 0 spiro atoms. The number of rotatable bonds is 3. The van der Waals surface area contributed by atoms with Gasteiger partial charge in [0.1, 0.15) is 0 Å². The smallest absolute Gasteiger partial charge is 0.308 e. The molecule has 2 N–H and O–H groups in total. The van der Waals surface area contributed by atoms with Crippen molar-refractivity contribution in [3.63, 3.8) is 0 Å². The van der Waals surface area contributed by atoms with Gasteiger partial charge in [0, 0.05) is 23.8 Å². The average Bonchev–Trinajstić information content (AvgIpc) is 2.61. The van der Waals surface area contributed by atoms with Crippen LogP contribution >= 0.6 is 0 Å². The van der Waals surface area contributed by atoms with Crippen molar-refractivity contribution < 1.29 is 4.79 Å². The summed E-state index contributed by atoms with van der Waals surface area (Å²) in [6.07, 6.45) is 3.03. The molecule has 0 saturated carbocycles. The molecule has 2 amide bonds. The molecule has 6 heteroatoms. The van der Waals surface area contributed by atoms with E-state index in [9.17, 15) is 9.59 Å². The first-order chi connectivity index (χ1) is 12.0. The monoisotopic (exact) mass is 334 g/mol. The quantitative estimate of drug-likeness (QED) is 0.770. The Morgan fingerprint density at radius 1 is 1.00 bits per heavy atom. The van der Waals surface area contributed by atoms with E-state index in [0.29, 0.717) is 11.4 Å². The van der Waals surface area contributed by atoms with Gasteiger partial charge in [-0.1, -0.05) is 24.3 Å². The highest BCUT2D eigenvalue weighted by Gasteiger charge is 2.10. The van der Waals surface area contributed by atoms with Gasteiger partial charge in [-0.15, -0.1) is 0 Å². The summed E-state index contributed by atoms with van der Waals surface area (Å²) in [5.41, 5.74) is 3.17. The molecular weight excluding hydrogens is 316 g/mol. The number of amides is 2. The van der Waals surface area contributed by atoms with Crippen LogP contribution in [0.15, 0.2) is 65.7 Å². The molecule has 0 atom stereocenters. The molecule has 0 unspecified atom stereocenters. The van der Waals surface area contributed by atoms with Crippen molar-refractivity contribution >= 4 is 17.5 Å². The predicted molar refractivity (Wildman–Crippen MR) is 98.4 cm³/mol. The highest BCUT2D eigenvalue weighted by molar-refractivity contribution is 5.99. The average molecular weight is 334 g/mol. The van der Waals surface area contributed by atoms with Gasteiger partial charge >= 0.3 is 6.03 Å². The fourth-order valence-electron chi connectivity index (χ4n) is 2.38. The number of carbonyl (C=O) groups excluding carboxylic acids is 1. The predicted octanol–water partition coefficient (Wildman–Crippen LogP) is 3.49. The van der Waals surface area contributed by atoms with Crippen LogP contribution < -0.4 is 16.2 Å². The first kappa shape index (κ1) is 16.4. The summed E-state index contributed by atoms with van der Waals surface area (Å²) in [4.78, 5) is 28.7. The molecule has 25 heavy (non-hydrogen) atoms. The lowest BCUT2D eigenvalue weighted by Crippen LogP contribution is -2.28. The van der Waals surface area contributed by atoms with Crippen LogP contribution in [0.2, 0.25) is 0 Å². The summed E-state index contributed by atoms with van der Waals surface area (Å²) < 4.78 is 1.43. The Labute approximate surface area is 145 Å². The Morgan fingerprint density at radius 3 is 2.48 bits per heavy atom. The van der Waals surface area contributed by atoms with E-state index < -0.39 is 11.6 Å². The van der Waals surface area contributed by atoms with Gasteiger partial charge in [-0.25, -0.2) is 9.78 Å². The Bertz CT molecular complexity index is 965. The molecular formula is C19H18N4O2. The number of carbonyl (C=O) groups is 1. The summed E-state index contributed by atoms with van der Waals surface area (Å²) in [6.45, 7) is 3.97. The standard InChI is InChI=1S/C19H18N4O2/c1-13-8-9-15(12-14(13)2)21-19(25)22-17-18(24)23(11-10-20-17)16-6-4-3-5-7-16/h3-12H,1-2H3,(H2,20,21,22,25). The normalized spacial score (nSPS) is 10.3. The number of para-hydroxylation sites is 1. The van der Waals surface area contributed by atoms with Crippen LogP contribution in [0.3, 0.4) is 0 Å². The van der Waals surface area contributed by atoms with E-state index in [1.54, 1.807) is 18.3 Å². The lowest BCUT2D eigenvalue weighted by Gasteiger charge is -2.10. The number of aryl methyl sites for hydroxylation is 2. The number of nitrogens with one attached hydrogen (secondary N) is 2. The summed E-state index contributed by atoms with van der Waals surface area (Å²) >= 11 is 0. The van der Waals surface area contributed by atoms with Gasteiger partial charge in [0.15, 0.2) is 0 Å². The van der Waals surface area contributed by atoms with E-state index in [1.807, 2.05) is 50.2 Å². The van der Waals surface area contributed by atoms with Crippen molar-refractivity contribution in [3.8, 4) is 5.69 Å². The minimum absolute atomic E-state index is 0.0345. The third-order valence-electron chi connectivity index (χ3n) is 3.87. The molecule has 0 saturated heterocycles. The van der Waals surface area contributed by atoms with Gasteiger partial charge in [-0.3, -0.25) is 14.7 Å². The third kappa shape index (κ3) is 3.74. The molecule has 1 aromatic heterocycles. The van der Waals surface area contributed by atoms with Crippen molar-refractivity contribution in [2.45, 2.75) is 13.8 Å². The maximum Gasteiger partial charge on any atom is 0.325 e. The zero-order valence-electron chi connectivity index (χ0n) is 14.0. The number of hydrogen-bond donors (Lipinski definition) is 2. The Morgan fingerprint density at radius 2 is 1.76 bits per heavy atom. The van der Waals surface area contributed by atoms with Crippen molar-refractivity contribution in [1.82, 2.24) is 9.55 Å². The molecule has 3 rings (SSSR count). The minimum Gasteiger partial charge on any atom is -0.308 e. The van der Waals surface area contributed by atoms with E-state index in [-0.39, 0.29) is 5.82 Å². The van der Waals surface area contributed by atoms with Crippen molar-refractivity contribution in [1.29, 1.82) is 0 Å². The minimum atomic E-state index is -0.515. The molecule has 126 valence electrons. The van der Waals surface area contributed by atoms with Crippen LogP contribution in [0.4, 0.5) is 16.3 Å². The highest BCUT2D eigenvalue weighted by atomic mass is 16.2. The molecule has 0 aliphatic rings. The van der Waals surface area contributed by atoms with E-state index in [0.717, 1.165) is 11.1 Å². The number of hydrogen-bond acceptors (Lipinski definition) is 3. The number of nitrogens with zero attached hydrogens (tertiary/aromatic N) is 2. The molecule has 0 aliphatic carbocycles. The fourth-order valence-corrected chi connectivity index (χ4v) is 2.38. The number of aromatic nitrogens is 2. The van der Waals surface area contributed by atoms with Crippen LogP contribution in [0.25, 0.3) is 5.69 Å². The van der Waals surface area contributed by atoms with E-state index in [2.05, 4.69) is 15.6 Å². The molecule has 0 fully saturated rings. The van der Waals surface area contributed by atoms with E-state index in [1.165, 1.54) is 10.8 Å². The second-order valence-electron chi connectivity index (χ2n) is 5.66. The first-order valence-corrected chi connectivity index (χ1v) is 7.83. The second kappa shape index (κ2) is 7.00. The molecule has 2 aromatic carbocycles. The van der Waals surface area contributed by atoms with Crippen LogP contribution in [0.5, 0.6) is 0 Å². The van der Waals surface area contributed by atoms with Crippen molar-refractivity contribution in [3.05, 3.63) is 82.4 Å². The maximum absolute atomic E-state index is 12.5. The summed E-state index contributed by atoms with van der Waals surface area (Å²) in [5.74, 6) is -0.0345. The summed E-state index contributed by atoms with van der Waals surface area (Å²) in [7, 11) is 0. The number of benzene rings is 2. The van der Waals surface area contributed by atoms with Crippen LogP contribution in [0, 0.1) is 13.8 Å². The maximum atomic E-state index is 12.5. The summed E-state index contributed by atoms with van der Waals surface area (Å²) in [5, 5.41) is 5.22. The zero-order chi connectivity index (χ0) is 17.8. The molecule has 6 nitrogen and oxygen atoms in total. The highest BCUT2D eigenvalue weighted by Crippen LogP contribution is 2.14. The molecule has 0 aliphatic heterocycles. The van der Waals surface area contributed by atoms with Crippen LogP contribution in [0.1, 0.15) is 11.1 Å². The Hall–Kier alpha value is -3.41. The zero-order valence-corrected chi connectivity index (χ0v) is 14.0. The molecule has 0 radical (unpaired) electrons. The van der Waals surface area contributed by atoms with Crippen LogP contribution in [-0.2, 0) is 0 Å². The third-order valence-corrected chi connectivity index (χ3v) is 3.87. The second-order valence-corrected chi connectivity index (χ2v) is 5.66. The molecule has 0 bridgehead atoms. The van der Waals surface area contributed by atoms with Gasteiger partial charge in [0.2, 0.25) is 5.82 Å². The number of urea groups is 1. The molecule has 3 aromatic rings. The van der Waals surface area contributed by atoms with Gasteiger partial charge < -0.3 is 5.32 Å². The van der Waals surface area contributed by atoms with E-state index >= 15 is 0 Å². The number of anilines is 2. The lowest BCUT2D eigenvalue weighted by molar-refractivity contribution is 0.262. The largest absolute Gasteiger partial charge is 0.325 e. The first-order valence-electron chi connectivity index (χ1n) is 7.83. The van der Waals surface area contributed by atoms with Crippen molar-refractivity contribution in [2.24, 2.45) is 0 Å². The van der Waals surface area contributed by atoms with Gasteiger partial charge in [-0.2, -0.15) is 0 Å². The SMILES string of the molecule is Cc1ccc(NC(=O)Nc2nccn(-c3ccccc3)c2=O)cc1C. The molecule has 1 heterocycles. The van der Waals surface area contributed by atoms with Gasteiger partial charge in [0.25, 0.3) is 5.56 Å². The van der Waals surface area contributed by atoms with Crippen LogP contribution in [-0.4, -0.2) is 15.6 Å². The summed E-state index contributed by atoms with van der Waals surface area (Å²) in [6, 6.07) is 14.2.